The van der Waals surface area contributed by atoms with E-state index in [-0.39, 0.29) is 41.2 Å². The number of fused-ring (bicyclic) bond motifs is 4. The highest BCUT2D eigenvalue weighted by atomic mass is 16.3. The Morgan fingerprint density at radius 2 is 1.34 bits per heavy atom. The molecule has 0 amide bonds. The Balaban J connectivity index is 1.55. The van der Waals surface area contributed by atoms with Crippen LogP contribution in [0.4, 0.5) is 17.1 Å². The Kier molecular flexibility index (Phi) is 3.59. The van der Waals surface area contributed by atoms with Crippen molar-refractivity contribution < 1.29 is 14.3 Å². The van der Waals surface area contributed by atoms with Gasteiger partial charge in [0.1, 0.15) is 11.1 Å². The van der Waals surface area contributed by atoms with E-state index in [1.807, 2.05) is 97.1 Å². The molecule has 0 aliphatic carbocycles. The van der Waals surface area contributed by atoms with Gasteiger partial charge < -0.3 is 13.7 Å². The third kappa shape index (κ3) is 3.19. The third-order valence-electron chi connectivity index (χ3n) is 6.05. The first-order chi connectivity index (χ1) is 19.0. The summed E-state index contributed by atoms with van der Waals surface area (Å²) in [4.78, 5) is 6.67. The summed E-state index contributed by atoms with van der Waals surface area (Å²) < 4.78 is 45.2. The topological polar surface area (TPSA) is 42.4 Å². The predicted octanol–water partition coefficient (Wildman–Crippen LogP) is 8.86. The zero-order valence-electron chi connectivity index (χ0n) is 22.4. The molecule has 0 saturated heterocycles. The average Bonchev–Trinajstić information content (AvgIpc) is 3.60. The lowest BCUT2D eigenvalue weighted by Crippen LogP contribution is -2.10. The molecule has 7 rings (SSSR count). The number of rotatable bonds is 4. The van der Waals surface area contributed by atoms with E-state index >= 15 is 0 Å². The van der Waals surface area contributed by atoms with E-state index in [9.17, 15) is 0 Å². The van der Waals surface area contributed by atoms with Crippen LogP contribution in [0.15, 0.2) is 130 Å². The fraction of sp³-hybridized carbons (Fsp3) is 0. The van der Waals surface area contributed by atoms with Gasteiger partial charge in [0.15, 0.2) is 11.2 Å². The van der Waals surface area contributed by atoms with Crippen molar-refractivity contribution in [2.45, 2.75) is 0 Å². The number of oxazole rings is 1. The lowest BCUT2D eigenvalue weighted by Gasteiger charge is -2.25. The van der Waals surface area contributed by atoms with Crippen molar-refractivity contribution in [3.63, 3.8) is 0 Å². The predicted molar refractivity (Wildman–Crippen MR) is 141 cm³/mol. The van der Waals surface area contributed by atoms with E-state index in [2.05, 4.69) is 9.88 Å². The van der Waals surface area contributed by atoms with Gasteiger partial charge in [-0.1, -0.05) is 66.7 Å². The molecule has 35 heavy (non-hydrogen) atoms. The van der Waals surface area contributed by atoms with Gasteiger partial charge >= 0.3 is 0 Å². The molecule has 0 N–H and O–H groups in total. The molecule has 4 nitrogen and oxygen atoms in total. The Morgan fingerprint density at radius 1 is 0.657 bits per heavy atom. The SMILES string of the molecule is [2H]c1c([2H])c([2H])c2oc(-c3ccc(N(c4ccccc4)c4ccccc4)c4oc5ccccc5c34)nc2c1[2H]. The average molecular weight is 457 g/mol. The molecule has 0 atom stereocenters. The van der Waals surface area contributed by atoms with Gasteiger partial charge in [0.05, 0.1) is 11.2 Å². The molecule has 0 radical (unpaired) electrons. The van der Waals surface area contributed by atoms with Gasteiger partial charge in [-0.25, -0.2) is 4.98 Å². The molecule has 7 aromatic rings. The van der Waals surface area contributed by atoms with Crippen molar-refractivity contribution in [1.29, 1.82) is 0 Å². The van der Waals surface area contributed by atoms with Gasteiger partial charge in [-0.3, -0.25) is 0 Å². The number of hydrogen-bond donors (Lipinski definition) is 0. The number of aromatic nitrogens is 1. The van der Waals surface area contributed by atoms with Crippen molar-refractivity contribution in [3.05, 3.63) is 121 Å². The number of para-hydroxylation sites is 5. The first-order valence-corrected chi connectivity index (χ1v) is 11.2. The van der Waals surface area contributed by atoms with Crippen LogP contribution >= 0.6 is 0 Å². The van der Waals surface area contributed by atoms with Crippen LogP contribution < -0.4 is 4.90 Å². The van der Waals surface area contributed by atoms with Gasteiger partial charge in [0, 0.05) is 27.7 Å². The summed E-state index contributed by atoms with van der Waals surface area (Å²) >= 11 is 0. The van der Waals surface area contributed by atoms with Crippen LogP contribution in [0.25, 0.3) is 44.5 Å². The quantitative estimate of drug-likeness (QED) is 0.265. The van der Waals surface area contributed by atoms with E-state index < -0.39 is 0 Å². The molecule has 0 unspecified atom stereocenters. The van der Waals surface area contributed by atoms with Crippen LogP contribution in [0.5, 0.6) is 0 Å². The molecule has 0 saturated carbocycles. The molecule has 0 aliphatic heterocycles. The fourth-order valence-electron chi connectivity index (χ4n) is 4.53. The zero-order valence-corrected chi connectivity index (χ0v) is 18.4. The van der Waals surface area contributed by atoms with Crippen LogP contribution in [0, 0.1) is 0 Å². The highest BCUT2D eigenvalue weighted by Crippen LogP contribution is 2.45. The number of anilines is 3. The standard InChI is InChI=1S/C31H20N2O2/c1-3-11-21(12-4-1)33(22-13-5-2-6-14-22)26-20-19-24(31-32-25-16-8-10-18-28(25)35-31)29-23-15-7-9-17-27(23)34-30(26)29/h1-20H/i8D,10D,16D,18D. The zero-order chi connectivity index (χ0) is 26.7. The Labute approximate surface area is 207 Å². The Hall–Kier alpha value is -4.83. The molecular weight excluding hydrogens is 432 g/mol. The molecule has 0 spiro atoms. The van der Waals surface area contributed by atoms with E-state index in [1.165, 1.54) is 0 Å². The molecule has 4 heteroatoms. The second-order valence-corrected chi connectivity index (χ2v) is 8.14. The van der Waals surface area contributed by atoms with Gasteiger partial charge in [-0.05, 0) is 54.5 Å². The van der Waals surface area contributed by atoms with Gasteiger partial charge in [-0.2, -0.15) is 0 Å². The molecule has 0 aliphatic rings. The lowest BCUT2D eigenvalue weighted by atomic mass is 10.0. The molecule has 0 fully saturated rings. The van der Waals surface area contributed by atoms with E-state index in [0.717, 1.165) is 27.8 Å². The Morgan fingerprint density at radius 3 is 2.11 bits per heavy atom. The normalized spacial score (nSPS) is 13.0. The maximum Gasteiger partial charge on any atom is 0.228 e. The van der Waals surface area contributed by atoms with Crippen molar-refractivity contribution >= 4 is 50.1 Å². The van der Waals surface area contributed by atoms with Gasteiger partial charge in [0.2, 0.25) is 5.89 Å². The summed E-state index contributed by atoms with van der Waals surface area (Å²) in [7, 11) is 0. The van der Waals surface area contributed by atoms with Crippen LogP contribution in [0.1, 0.15) is 5.48 Å². The van der Waals surface area contributed by atoms with Crippen LogP contribution in [-0.2, 0) is 0 Å². The molecule has 5 aromatic carbocycles. The maximum atomic E-state index is 8.31. The largest absolute Gasteiger partial charge is 0.454 e. The first-order valence-electron chi connectivity index (χ1n) is 13.2. The van der Waals surface area contributed by atoms with E-state index in [1.54, 1.807) is 0 Å². The third-order valence-corrected chi connectivity index (χ3v) is 6.05. The highest BCUT2D eigenvalue weighted by molar-refractivity contribution is 6.16. The summed E-state index contributed by atoms with van der Waals surface area (Å²) in [6.07, 6.45) is 0. The first kappa shape index (κ1) is 15.9. The summed E-state index contributed by atoms with van der Waals surface area (Å²) in [6.45, 7) is 0. The fourth-order valence-corrected chi connectivity index (χ4v) is 4.53. The van der Waals surface area contributed by atoms with Crippen LogP contribution in [-0.4, -0.2) is 4.98 Å². The second kappa shape index (κ2) is 7.89. The lowest BCUT2D eigenvalue weighted by molar-refractivity contribution is 0.620. The maximum absolute atomic E-state index is 8.31. The second-order valence-electron chi connectivity index (χ2n) is 8.14. The number of furan rings is 1. The molecule has 2 heterocycles. The van der Waals surface area contributed by atoms with Crippen molar-refractivity contribution in [3.8, 4) is 11.5 Å². The number of benzene rings is 5. The Bertz CT molecular complexity index is 1930. The minimum absolute atomic E-state index is 0.0243. The molecule has 0 bridgehead atoms. The van der Waals surface area contributed by atoms with Crippen LogP contribution in [0.3, 0.4) is 0 Å². The minimum atomic E-state index is -0.356. The monoisotopic (exact) mass is 456 g/mol. The number of hydrogen-bond acceptors (Lipinski definition) is 4. The van der Waals surface area contributed by atoms with E-state index in [0.29, 0.717) is 16.7 Å². The summed E-state index contributed by atoms with van der Waals surface area (Å²) in [5.74, 6) is 0.200. The van der Waals surface area contributed by atoms with Gasteiger partial charge in [-0.15, -0.1) is 0 Å². The van der Waals surface area contributed by atoms with Crippen molar-refractivity contribution in [2.75, 3.05) is 4.90 Å². The van der Waals surface area contributed by atoms with Crippen LogP contribution in [0.2, 0.25) is 0 Å². The minimum Gasteiger partial charge on any atom is -0.454 e. The van der Waals surface area contributed by atoms with Crippen molar-refractivity contribution in [2.24, 2.45) is 0 Å². The smallest absolute Gasteiger partial charge is 0.228 e. The van der Waals surface area contributed by atoms with E-state index in [4.69, 9.17) is 14.3 Å². The number of nitrogens with zero attached hydrogens (tertiary/aromatic N) is 2. The molecule has 2 aromatic heterocycles. The summed E-state index contributed by atoms with van der Waals surface area (Å²) in [6, 6.07) is 30.5. The molecular formula is C31H20N2O2. The summed E-state index contributed by atoms with van der Waals surface area (Å²) in [5.41, 5.74) is 4.82. The van der Waals surface area contributed by atoms with Gasteiger partial charge in [0.25, 0.3) is 0 Å². The van der Waals surface area contributed by atoms with Crippen molar-refractivity contribution in [1.82, 2.24) is 4.98 Å². The highest BCUT2D eigenvalue weighted by Gasteiger charge is 2.23. The summed E-state index contributed by atoms with van der Waals surface area (Å²) in [5, 5.41) is 1.65. The molecule has 166 valence electrons.